The summed E-state index contributed by atoms with van der Waals surface area (Å²) in [6, 6.07) is 11.8. The van der Waals surface area contributed by atoms with Crippen LogP contribution >= 0.6 is 11.8 Å². The Morgan fingerprint density at radius 1 is 1.32 bits per heavy atom. The van der Waals surface area contributed by atoms with Gasteiger partial charge in [-0.2, -0.15) is 5.10 Å². The number of morpholine rings is 1. The number of hydrogen-bond donors (Lipinski definition) is 1. The molecule has 134 valence electrons. The van der Waals surface area contributed by atoms with Crippen molar-refractivity contribution >= 4 is 17.4 Å². The van der Waals surface area contributed by atoms with Gasteiger partial charge >= 0.3 is 0 Å². The van der Waals surface area contributed by atoms with Crippen molar-refractivity contribution < 1.29 is 4.74 Å². The third-order valence-corrected chi connectivity index (χ3v) is 5.15. The summed E-state index contributed by atoms with van der Waals surface area (Å²) in [6.07, 6.45) is 2.74. The average molecular weight is 360 g/mol. The molecule has 2 N–H and O–H groups in total. The molecule has 1 fully saturated rings. The van der Waals surface area contributed by atoms with Crippen molar-refractivity contribution in [1.82, 2.24) is 9.78 Å². The quantitative estimate of drug-likeness (QED) is 0.756. The van der Waals surface area contributed by atoms with E-state index in [0.717, 1.165) is 31.0 Å². The molecule has 0 radical (unpaired) electrons. The molecule has 2 aromatic rings. The molecular formula is C18H24N4O2S. The topological polar surface area (TPSA) is 73.4 Å². The van der Waals surface area contributed by atoms with E-state index in [1.54, 1.807) is 24.0 Å². The molecule has 1 atom stereocenters. The Balaban J connectivity index is 1.58. The van der Waals surface area contributed by atoms with Gasteiger partial charge in [0.15, 0.2) is 0 Å². The summed E-state index contributed by atoms with van der Waals surface area (Å²) < 4.78 is 7.22. The number of hydrogen-bond acceptors (Lipinski definition) is 6. The van der Waals surface area contributed by atoms with Gasteiger partial charge in [0.2, 0.25) is 0 Å². The van der Waals surface area contributed by atoms with Crippen molar-refractivity contribution in [2.45, 2.75) is 24.0 Å². The molecule has 7 heteroatoms. The van der Waals surface area contributed by atoms with E-state index in [2.05, 4.69) is 22.1 Å². The molecule has 0 unspecified atom stereocenters. The maximum absolute atomic E-state index is 12.3. The highest BCUT2D eigenvalue weighted by atomic mass is 32.2. The van der Waals surface area contributed by atoms with Crippen molar-refractivity contribution in [2.75, 3.05) is 36.9 Å². The van der Waals surface area contributed by atoms with Crippen LogP contribution in [0.15, 0.2) is 52.3 Å². The van der Waals surface area contributed by atoms with Crippen molar-refractivity contribution in [3.63, 3.8) is 0 Å². The fourth-order valence-corrected chi connectivity index (χ4v) is 3.70. The summed E-state index contributed by atoms with van der Waals surface area (Å²) in [4.78, 5) is 15.7. The standard InChI is InChI=1S/C18H24N4O2S/c19-7-6-16-14-21(8-10-24-16)15-12-18(23)22(20-13-15)9-11-25-17-4-2-1-3-5-17/h1-5,12-13,16H,6-11,14,19H2/t16-/m1/s1. The van der Waals surface area contributed by atoms with E-state index < -0.39 is 0 Å². The average Bonchev–Trinajstić information content (AvgIpc) is 2.64. The van der Waals surface area contributed by atoms with Gasteiger partial charge < -0.3 is 15.4 Å². The van der Waals surface area contributed by atoms with Gasteiger partial charge in [-0.1, -0.05) is 18.2 Å². The zero-order valence-electron chi connectivity index (χ0n) is 14.2. The second-order valence-corrected chi connectivity index (χ2v) is 7.12. The first-order chi connectivity index (χ1) is 12.3. The fourth-order valence-electron chi connectivity index (χ4n) is 2.85. The minimum Gasteiger partial charge on any atom is -0.374 e. The van der Waals surface area contributed by atoms with Gasteiger partial charge in [0.25, 0.3) is 5.56 Å². The molecule has 0 amide bonds. The molecule has 0 bridgehead atoms. The third-order valence-electron chi connectivity index (χ3n) is 4.16. The second kappa shape index (κ2) is 9.03. The van der Waals surface area contributed by atoms with Crippen LogP contribution in [0.4, 0.5) is 5.69 Å². The first kappa shape index (κ1) is 18.0. The number of nitrogens with two attached hydrogens (primary N) is 1. The summed E-state index contributed by atoms with van der Waals surface area (Å²) in [6.45, 7) is 3.39. The van der Waals surface area contributed by atoms with Gasteiger partial charge in [0.05, 0.1) is 31.1 Å². The van der Waals surface area contributed by atoms with Crippen molar-refractivity contribution in [2.24, 2.45) is 5.73 Å². The highest BCUT2D eigenvalue weighted by Gasteiger charge is 2.20. The summed E-state index contributed by atoms with van der Waals surface area (Å²) in [5, 5.41) is 4.34. The van der Waals surface area contributed by atoms with E-state index >= 15 is 0 Å². The van der Waals surface area contributed by atoms with E-state index in [1.807, 2.05) is 18.2 Å². The Morgan fingerprint density at radius 2 is 2.16 bits per heavy atom. The molecule has 3 rings (SSSR count). The lowest BCUT2D eigenvalue weighted by Crippen LogP contribution is -2.43. The smallest absolute Gasteiger partial charge is 0.268 e. The van der Waals surface area contributed by atoms with Crippen LogP contribution in [-0.2, 0) is 11.3 Å². The van der Waals surface area contributed by atoms with Crippen molar-refractivity contribution in [3.8, 4) is 0 Å². The minimum atomic E-state index is -0.0620. The van der Waals surface area contributed by atoms with Crippen LogP contribution in [0.5, 0.6) is 0 Å². The minimum absolute atomic E-state index is 0.0620. The maximum Gasteiger partial charge on any atom is 0.268 e. The SMILES string of the molecule is NCC[C@@H]1CN(c2cnn(CCSc3ccccc3)c(=O)c2)CCO1. The summed E-state index contributed by atoms with van der Waals surface area (Å²) >= 11 is 1.72. The number of aryl methyl sites for hydroxylation is 1. The van der Waals surface area contributed by atoms with Gasteiger partial charge in [-0.15, -0.1) is 11.8 Å². The molecule has 1 aromatic heterocycles. The largest absolute Gasteiger partial charge is 0.374 e. The van der Waals surface area contributed by atoms with Gasteiger partial charge in [0.1, 0.15) is 0 Å². The van der Waals surface area contributed by atoms with Crippen LogP contribution in [0.25, 0.3) is 0 Å². The summed E-state index contributed by atoms with van der Waals surface area (Å²) in [7, 11) is 0. The molecule has 1 aliphatic heterocycles. The molecule has 0 spiro atoms. The molecule has 0 saturated carbocycles. The molecule has 6 nitrogen and oxygen atoms in total. The molecular weight excluding hydrogens is 336 g/mol. The monoisotopic (exact) mass is 360 g/mol. The number of anilines is 1. The number of nitrogens with zero attached hydrogens (tertiary/aromatic N) is 3. The number of ether oxygens (including phenoxy) is 1. The summed E-state index contributed by atoms with van der Waals surface area (Å²) in [5.41, 5.74) is 6.41. The van der Waals surface area contributed by atoms with Gasteiger partial charge in [0, 0.05) is 29.8 Å². The summed E-state index contributed by atoms with van der Waals surface area (Å²) in [5.74, 6) is 0.812. The lowest BCUT2D eigenvalue weighted by molar-refractivity contribution is 0.0368. The number of aromatic nitrogens is 2. The first-order valence-electron chi connectivity index (χ1n) is 8.58. The lowest BCUT2D eigenvalue weighted by Gasteiger charge is -2.34. The van der Waals surface area contributed by atoms with E-state index in [1.165, 1.54) is 9.58 Å². The predicted molar refractivity (Wildman–Crippen MR) is 101 cm³/mol. The maximum atomic E-state index is 12.3. The van der Waals surface area contributed by atoms with Gasteiger partial charge in [-0.3, -0.25) is 4.79 Å². The predicted octanol–water partition coefficient (Wildman–Crippen LogP) is 1.59. The number of rotatable bonds is 7. The molecule has 2 heterocycles. The Hall–Kier alpha value is -1.83. The zero-order chi connectivity index (χ0) is 17.5. The Labute approximate surface area is 152 Å². The van der Waals surface area contributed by atoms with Gasteiger partial charge in [-0.05, 0) is 25.1 Å². The Morgan fingerprint density at radius 3 is 2.92 bits per heavy atom. The molecule has 0 aliphatic carbocycles. The Bertz CT molecular complexity index is 721. The van der Waals surface area contributed by atoms with Crippen LogP contribution in [0, 0.1) is 0 Å². The van der Waals surface area contributed by atoms with E-state index in [4.69, 9.17) is 10.5 Å². The molecule has 1 saturated heterocycles. The van der Waals surface area contributed by atoms with Gasteiger partial charge in [-0.25, -0.2) is 4.68 Å². The van der Waals surface area contributed by atoms with Crippen LogP contribution in [0.2, 0.25) is 0 Å². The van der Waals surface area contributed by atoms with E-state index in [0.29, 0.717) is 19.7 Å². The lowest BCUT2D eigenvalue weighted by atomic mass is 10.2. The highest BCUT2D eigenvalue weighted by molar-refractivity contribution is 7.99. The molecule has 1 aromatic carbocycles. The number of thioether (sulfide) groups is 1. The molecule has 1 aliphatic rings. The van der Waals surface area contributed by atoms with E-state index in [9.17, 15) is 4.79 Å². The second-order valence-electron chi connectivity index (χ2n) is 5.95. The van der Waals surface area contributed by atoms with Crippen molar-refractivity contribution in [3.05, 3.63) is 52.9 Å². The molecule has 25 heavy (non-hydrogen) atoms. The van der Waals surface area contributed by atoms with E-state index in [-0.39, 0.29) is 11.7 Å². The van der Waals surface area contributed by atoms with Crippen LogP contribution in [-0.4, -0.2) is 47.9 Å². The van der Waals surface area contributed by atoms with Crippen LogP contribution in [0.3, 0.4) is 0 Å². The van der Waals surface area contributed by atoms with Crippen LogP contribution in [0.1, 0.15) is 6.42 Å². The third kappa shape index (κ3) is 5.07. The highest BCUT2D eigenvalue weighted by Crippen LogP contribution is 2.18. The van der Waals surface area contributed by atoms with Crippen molar-refractivity contribution in [1.29, 1.82) is 0 Å². The fraction of sp³-hybridized carbons (Fsp3) is 0.444. The van der Waals surface area contributed by atoms with Crippen LogP contribution < -0.4 is 16.2 Å². The normalized spacial score (nSPS) is 17.6. The number of benzene rings is 1. The zero-order valence-corrected chi connectivity index (χ0v) is 15.0. The first-order valence-corrected chi connectivity index (χ1v) is 9.56. The Kier molecular flexibility index (Phi) is 6.49.